The molecule has 0 radical (unpaired) electrons. The lowest BCUT2D eigenvalue weighted by atomic mass is 10.1. The molecular formula is C19H18ClN4O2+. The molecule has 2 heterocycles. The fourth-order valence-electron chi connectivity index (χ4n) is 3.30. The number of quaternary nitrogens is 1. The molecule has 0 saturated heterocycles. The molecule has 3 aromatic rings. The van der Waals surface area contributed by atoms with Crippen LogP contribution in [0, 0.1) is 0 Å². The number of H-pyrrole nitrogens is 1. The third-order valence-electron chi connectivity index (χ3n) is 4.55. The van der Waals surface area contributed by atoms with Crippen LogP contribution < -0.4 is 21.5 Å². The Kier molecular flexibility index (Phi) is 4.36. The highest BCUT2D eigenvalue weighted by Gasteiger charge is 2.26. The van der Waals surface area contributed by atoms with E-state index >= 15 is 0 Å². The summed E-state index contributed by atoms with van der Waals surface area (Å²) in [6.07, 6.45) is 0. The number of benzene rings is 2. The average molecular weight is 370 g/mol. The van der Waals surface area contributed by atoms with Crippen molar-refractivity contribution in [2.45, 2.75) is 13.1 Å². The molecule has 0 amide bonds. The fraction of sp³-hybridized carbons (Fsp3) is 0.158. The van der Waals surface area contributed by atoms with Crippen LogP contribution in [0.15, 0.2) is 64.2 Å². The summed E-state index contributed by atoms with van der Waals surface area (Å²) < 4.78 is 1.52. The van der Waals surface area contributed by atoms with E-state index in [0.717, 1.165) is 10.5 Å². The average Bonchev–Trinajstić information content (AvgIpc) is 2.65. The predicted molar refractivity (Wildman–Crippen MR) is 101 cm³/mol. The summed E-state index contributed by atoms with van der Waals surface area (Å²) in [5.74, 6) is 0.563. The minimum atomic E-state index is -0.443. The third-order valence-corrected chi connectivity index (χ3v) is 4.92. The fourth-order valence-corrected chi connectivity index (χ4v) is 3.51. The summed E-state index contributed by atoms with van der Waals surface area (Å²) in [5, 5.41) is 3.98. The SMILES string of the molecule is O=c1[nH]c(=O)n(-c2ccccc2)c2c1C[NH+](Cc1ccccc1Cl)CN2. The molecule has 7 heteroatoms. The molecule has 26 heavy (non-hydrogen) atoms. The maximum atomic E-state index is 12.4. The van der Waals surface area contributed by atoms with Gasteiger partial charge in [-0.3, -0.25) is 9.78 Å². The van der Waals surface area contributed by atoms with Gasteiger partial charge in [-0.2, -0.15) is 0 Å². The molecule has 2 aromatic carbocycles. The normalized spacial score (nSPS) is 16.0. The van der Waals surface area contributed by atoms with Gasteiger partial charge in [0, 0.05) is 10.6 Å². The van der Waals surface area contributed by atoms with Crippen LogP contribution in [0.5, 0.6) is 0 Å². The van der Waals surface area contributed by atoms with Crippen molar-refractivity contribution in [1.82, 2.24) is 9.55 Å². The number of nitrogens with zero attached hydrogens (tertiary/aromatic N) is 1. The smallest absolute Gasteiger partial charge is 0.324 e. The number of rotatable bonds is 3. The number of hydrogen-bond acceptors (Lipinski definition) is 3. The van der Waals surface area contributed by atoms with E-state index in [1.807, 2.05) is 54.6 Å². The maximum absolute atomic E-state index is 12.4. The first-order chi connectivity index (χ1) is 12.6. The molecule has 0 bridgehead atoms. The Morgan fingerprint density at radius 3 is 2.54 bits per heavy atom. The van der Waals surface area contributed by atoms with Gasteiger partial charge in [-0.05, 0) is 18.2 Å². The van der Waals surface area contributed by atoms with E-state index < -0.39 is 5.69 Å². The van der Waals surface area contributed by atoms with Crippen molar-refractivity contribution in [2.24, 2.45) is 0 Å². The molecule has 0 spiro atoms. The van der Waals surface area contributed by atoms with Crippen molar-refractivity contribution in [3.8, 4) is 5.69 Å². The van der Waals surface area contributed by atoms with Gasteiger partial charge in [0.2, 0.25) is 0 Å². The van der Waals surface area contributed by atoms with Crippen LogP contribution in [0.25, 0.3) is 5.69 Å². The Bertz CT molecular complexity index is 1060. The summed E-state index contributed by atoms with van der Waals surface area (Å²) in [5.41, 5.74) is 1.53. The molecule has 1 aliphatic rings. The molecule has 0 aliphatic carbocycles. The van der Waals surface area contributed by atoms with Crippen molar-refractivity contribution in [3.63, 3.8) is 0 Å². The maximum Gasteiger partial charge on any atom is 0.334 e. The molecule has 6 nitrogen and oxygen atoms in total. The number of anilines is 1. The van der Waals surface area contributed by atoms with Gasteiger partial charge in [0.15, 0.2) is 6.67 Å². The molecule has 132 valence electrons. The van der Waals surface area contributed by atoms with Crippen LogP contribution in [-0.2, 0) is 13.1 Å². The van der Waals surface area contributed by atoms with Gasteiger partial charge in [-0.15, -0.1) is 0 Å². The topological polar surface area (TPSA) is 71.3 Å². The first kappa shape index (κ1) is 16.6. The molecule has 0 saturated carbocycles. The third kappa shape index (κ3) is 3.05. The summed E-state index contributed by atoms with van der Waals surface area (Å²) in [6.45, 7) is 1.79. The zero-order valence-electron chi connectivity index (χ0n) is 14.0. The van der Waals surface area contributed by atoms with Crippen molar-refractivity contribution in [1.29, 1.82) is 0 Å². The largest absolute Gasteiger partial charge is 0.334 e. The van der Waals surface area contributed by atoms with Crippen LogP contribution in [0.2, 0.25) is 5.02 Å². The van der Waals surface area contributed by atoms with Gasteiger partial charge in [0.1, 0.15) is 24.5 Å². The van der Waals surface area contributed by atoms with Crippen molar-refractivity contribution < 1.29 is 4.90 Å². The Hall–Kier alpha value is -2.83. The highest BCUT2D eigenvalue weighted by molar-refractivity contribution is 6.31. The second kappa shape index (κ2) is 6.82. The monoisotopic (exact) mass is 369 g/mol. The Labute approximate surface area is 154 Å². The van der Waals surface area contributed by atoms with Gasteiger partial charge in [0.25, 0.3) is 5.56 Å². The molecule has 3 N–H and O–H groups in total. The van der Waals surface area contributed by atoms with Crippen LogP contribution in [-0.4, -0.2) is 16.2 Å². The van der Waals surface area contributed by atoms with Crippen LogP contribution >= 0.6 is 11.6 Å². The highest BCUT2D eigenvalue weighted by atomic mass is 35.5. The van der Waals surface area contributed by atoms with Crippen molar-refractivity contribution in [2.75, 3.05) is 12.0 Å². The molecule has 0 fully saturated rings. The van der Waals surface area contributed by atoms with E-state index in [2.05, 4.69) is 10.3 Å². The lowest BCUT2D eigenvalue weighted by Crippen LogP contribution is -3.11. The zero-order chi connectivity index (χ0) is 18.1. The molecule has 1 aliphatic heterocycles. The van der Waals surface area contributed by atoms with E-state index in [-0.39, 0.29) is 5.56 Å². The van der Waals surface area contributed by atoms with Gasteiger partial charge >= 0.3 is 5.69 Å². The molecule has 1 unspecified atom stereocenters. The standard InChI is InChI=1S/C19H17ClN4O2/c20-16-9-5-4-6-13(16)10-23-11-15-17(21-12-23)24(19(26)22-18(15)25)14-7-2-1-3-8-14/h1-9,21H,10-12H2,(H,22,25,26)/p+1. The summed E-state index contributed by atoms with van der Waals surface area (Å²) >= 11 is 6.25. The first-order valence-corrected chi connectivity index (χ1v) is 8.76. The van der Waals surface area contributed by atoms with Gasteiger partial charge in [-0.1, -0.05) is 48.0 Å². The van der Waals surface area contributed by atoms with Crippen molar-refractivity contribution >= 4 is 17.4 Å². The highest BCUT2D eigenvalue weighted by Crippen LogP contribution is 2.17. The van der Waals surface area contributed by atoms with Gasteiger partial charge in [-0.25, -0.2) is 9.36 Å². The van der Waals surface area contributed by atoms with E-state index in [1.165, 1.54) is 4.57 Å². The quantitative estimate of drug-likeness (QED) is 0.648. The Balaban J connectivity index is 1.71. The van der Waals surface area contributed by atoms with E-state index in [9.17, 15) is 9.59 Å². The number of halogens is 1. The van der Waals surface area contributed by atoms with E-state index in [0.29, 0.717) is 41.8 Å². The molecular weight excluding hydrogens is 352 g/mol. The second-order valence-corrected chi connectivity index (χ2v) is 6.71. The molecule has 4 rings (SSSR count). The van der Waals surface area contributed by atoms with Crippen LogP contribution in [0.1, 0.15) is 11.1 Å². The lowest BCUT2D eigenvalue weighted by molar-refractivity contribution is -0.926. The molecule has 1 atom stereocenters. The second-order valence-electron chi connectivity index (χ2n) is 6.31. The number of aromatic amines is 1. The Morgan fingerprint density at radius 2 is 1.77 bits per heavy atom. The zero-order valence-corrected chi connectivity index (χ0v) is 14.7. The lowest BCUT2D eigenvalue weighted by Gasteiger charge is -2.28. The number of fused-ring (bicyclic) bond motifs is 1. The molecule has 1 aromatic heterocycles. The first-order valence-electron chi connectivity index (χ1n) is 8.38. The summed E-state index contributed by atoms with van der Waals surface area (Å²) in [4.78, 5) is 28.3. The van der Waals surface area contributed by atoms with Crippen LogP contribution in [0.3, 0.4) is 0 Å². The number of nitrogens with one attached hydrogen (secondary N) is 3. The summed E-state index contributed by atoms with van der Waals surface area (Å²) in [7, 11) is 0. The summed E-state index contributed by atoms with van der Waals surface area (Å²) in [6, 6.07) is 17.0. The number of aromatic nitrogens is 2. The minimum Gasteiger partial charge on any atom is -0.324 e. The van der Waals surface area contributed by atoms with Gasteiger partial charge in [0.05, 0.1) is 5.69 Å². The number of hydrogen-bond donors (Lipinski definition) is 3. The number of para-hydroxylation sites is 1. The van der Waals surface area contributed by atoms with E-state index in [4.69, 9.17) is 11.6 Å². The predicted octanol–water partition coefficient (Wildman–Crippen LogP) is 1.15. The van der Waals surface area contributed by atoms with E-state index in [1.54, 1.807) is 0 Å². The Morgan fingerprint density at radius 1 is 1.04 bits per heavy atom. The van der Waals surface area contributed by atoms with Crippen LogP contribution in [0.4, 0.5) is 5.82 Å². The van der Waals surface area contributed by atoms with Crippen molar-refractivity contribution in [3.05, 3.63) is 91.6 Å². The minimum absolute atomic E-state index is 0.346. The van der Waals surface area contributed by atoms with Gasteiger partial charge < -0.3 is 10.2 Å².